The molecular formula is C17H12N2O4. The van der Waals surface area contributed by atoms with Gasteiger partial charge in [0.25, 0.3) is 0 Å². The fraction of sp³-hybridized carbons (Fsp3) is 0.118. The van der Waals surface area contributed by atoms with Gasteiger partial charge in [0.05, 0.1) is 23.1 Å². The molecule has 0 amide bonds. The van der Waals surface area contributed by atoms with Gasteiger partial charge in [-0.3, -0.25) is 9.79 Å². The van der Waals surface area contributed by atoms with Gasteiger partial charge >= 0.3 is 5.97 Å². The normalized spacial score (nSPS) is 22.9. The average molecular weight is 308 g/mol. The number of aliphatic carboxylic acids is 1. The number of carbonyl (C=O) groups is 2. The Morgan fingerprint density at radius 1 is 1.26 bits per heavy atom. The fourth-order valence-corrected chi connectivity index (χ4v) is 3.09. The summed E-state index contributed by atoms with van der Waals surface area (Å²) in [6, 6.07) is 6.81. The van der Waals surface area contributed by atoms with Gasteiger partial charge in [-0.2, -0.15) is 0 Å². The van der Waals surface area contributed by atoms with E-state index in [1.807, 2.05) is 12.1 Å². The van der Waals surface area contributed by atoms with E-state index in [9.17, 15) is 14.7 Å². The van der Waals surface area contributed by atoms with Gasteiger partial charge in [0.2, 0.25) is 0 Å². The highest BCUT2D eigenvalue weighted by Crippen LogP contribution is 2.34. The van der Waals surface area contributed by atoms with Crippen LogP contribution in [0.1, 0.15) is 5.56 Å². The van der Waals surface area contributed by atoms with Gasteiger partial charge in [0.1, 0.15) is 5.71 Å². The summed E-state index contributed by atoms with van der Waals surface area (Å²) in [6.07, 6.45) is 4.50. The smallest absolute Gasteiger partial charge is 0.335 e. The number of carbonyl (C=O) groups excluding carboxylic acids is 1. The van der Waals surface area contributed by atoms with Crippen molar-refractivity contribution in [2.24, 2.45) is 10.9 Å². The lowest BCUT2D eigenvalue weighted by Gasteiger charge is -2.13. The lowest BCUT2D eigenvalue weighted by atomic mass is 9.88. The number of aromatic amines is 1. The lowest BCUT2D eigenvalue weighted by Crippen LogP contribution is -2.24. The predicted molar refractivity (Wildman–Crippen MR) is 83.6 cm³/mol. The van der Waals surface area contributed by atoms with Crippen LogP contribution in [0.3, 0.4) is 0 Å². The summed E-state index contributed by atoms with van der Waals surface area (Å²) in [5.74, 6) is -2.09. The number of nitrogens with one attached hydrogen (secondary N) is 1. The minimum absolute atomic E-state index is 0.0826. The molecule has 23 heavy (non-hydrogen) atoms. The maximum Gasteiger partial charge on any atom is 0.335 e. The van der Waals surface area contributed by atoms with Crippen LogP contribution in [-0.4, -0.2) is 38.7 Å². The highest BCUT2D eigenvalue weighted by molar-refractivity contribution is 6.51. The maximum atomic E-state index is 12.7. The van der Waals surface area contributed by atoms with E-state index in [0.29, 0.717) is 16.5 Å². The molecule has 0 saturated carbocycles. The Morgan fingerprint density at radius 3 is 2.83 bits per heavy atom. The summed E-state index contributed by atoms with van der Waals surface area (Å²) in [6.45, 7) is 0. The summed E-state index contributed by atoms with van der Waals surface area (Å²) in [7, 11) is 0. The summed E-state index contributed by atoms with van der Waals surface area (Å²) < 4.78 is 0. The van der Waals surface area contributed by atoms with Crippen molar-refractivity contribution in [2.75, 3.05) is 0 Å². The number of fused-ring (bicyclic) bond motifs is 2. The van der Waals surface area contributed by atoms with Crippen molar-refractivity contribution in [1.29, 1.82) is 0 Å². The number of rotatable bonds is 2. The number of Topliss-reactive ketones (excluding diaryl/α,β-unsaturated/α-hetero) is 1. The Balaban J connectivity index is 1.83. The highest BCUT2D eigenvalue weighted by Gasteiger charge is 2.39. The van der Waals surface area contributed by atoms with E-state index in [-0.39, 0.29) is 22.9 Å². The van der Waals surface area contributed by atoms with E-state index in [4.69, 9.17) is 5.11 Å². The number of carboxylic acid groups (broad SMARTS) is 1. The van der Waals surface area contributed by atoms with Crippen molar-refractivity contribution in [3.05, 3.63) is 53.6 Å². The van der Waals surface area contributed by atoms with Gasteiger partial charge in [-0.25, -0.2) is 4.79 Å². The molecule has 2 aliphatic rings. The van der Waals surface area contributed by atoms with Gasteiger partial charge in [0, 0.05) is 10.9 Å². The summed E-state index contributed by atoms with van der Waals surface area (Å²) >= 11 is 0. The molecule has 0 spiro atoms. The molecule has 114 valence electrons. The number of hydrogen-bond donors (Lipinski definition) is 3. The Labute approximate surface area is 130 Å². The van der Waals surface area contributed by atoms with E-state index in [1.165, 1.54) is 12.2 Å². The van der Waals surface area contributed by atoms with Gasteiger partial charge in [-0.1, -0.05) is 30.4 Å². The largest absolute Gasteiger partial charge is 0.494 e. The van der Waals surface area contributed by atoms with Gasteiger partial charge < -0.3 is 15.2 Å². The second-order valence-corrected chi connectivity index (χ2v) is 5.54. The van der Waals surface area contributed by atoms with Crippen LogP contribution in [0.4, 0.5) is 0 Å². The van der Waals surface area contributed by atoms with Crippen LogP contribution >= 0.6 is 0 Å². The molecule has 2 heterocycles. The van der Waals surface area contributed by atoms with Crippen LogP contribution in [0.5, 0.6) is 5.88 Å². The van der Waals surface area contributed by atoms with Crippen LogP contribution in [0.2, 0.25) is 0 Å². The van der Waals surface area contributed by atoms with E-state index in [1.54, 1.807) is 18.2 Å². The first-order chi connectivity index (χ1) is 11.1. The number of carboxylic acids is 1. The quantitative estimate of drug-likeness (QED) is 0.787. The zero-order chi connectivity index (χ0) is 16.1. The minimum atomic E-state index is -1.07. The topological polar surface area (TPSA) is 103 Å². The Morgan fingerprint density at radius 2 is 2.04 bits per heavy atom. The molecule has 6 nitrogen and oxygen atoms in total. The maximum absolute atomic E-state index is 12.7. The number of para-hydroxylation sites is 1. The first-order valence-electron chi connectivity index (χ1n) is 7.11. The molecule has 3 N–H and O–H groups in total. The second-order valence-electron chi connectivity index (χ2n) is 5.54. The number of aromatic nitrogens is 1. The molecule has 1 aliphatic heterocycles. The van der Waals surface area contributed by atoms with Crippen molar-refractivity contribution < 1.29 is 19.8 Å². The standard InChI is InChI=1S/C17H12N2O4/c20-15-10-7-8(17(22)23)5-6-12(10)18-14(15)13-9-3-1-2-4-11(9)19-16(13)21/h1-7,10,12,19,21H,(H,22,23). The van der Waals surface area contributed by atoms with E-state index < -0.39 is 17.9 Å². The molecule has 1 aliphatic carbocycles. The Bertz CT molecular complexity index is 949. The molecule has 2 unspecified atom stereocenters. The van der Waals surface area contributed by atoms with Crippen LogP contribution in [-0.2, 0) is 9.59 Å². The number of nitrogens with zero attached hydrogens (tertiary/aromatic N) is 1. The number of H-pyrrole nitrogens is 1. The third kappa shape index (κ3) is 1.92. The number of benzene rings is 1. The molecule has 4 rings (SSSR count). The average Bonchev–Trinajstić information content (AvgIpc) is 3.03. The van der Waals surface area contributed by atoms with Gasteiger partial charge in [-0.15, -0.1) is 0 Å². The summed E-state index contributed by atoms with van der Waals surface area (Å²) in [4.78, 5) is 31.0. The van der Waals surface area contributed by atoms with Gasteiger partial charge in [0.15, 0.2) is 11.7 Å². The first-order valence-corrected chi connectivity index (χ1v) is 7.11. The minimum Gasteiger partial charge on any atom is -0.494 e. The van der Waals surface area contributed by atoms with Crippen molar-refractivity contribution in [1.82, 2.24) is 4.98 Å². The number of ketones is 1. The number of aromatic hydroxyl groups is 1. The van der Waals surface area contributed by atoms with Gasteiger partial charge in [-0.05, 0) is 12.1 Å². The van der Waals surface area contributed by atoms with Crippen LogP contribution < -0.4 is 0 Å². The molecule has 1 aromatic heterocycles. The number of aliphatic imine (C=N–C) groups is 1. The predicted octanol–water partition coefficient (Wildman–Crippen LogP) is 1.81. The zero-order valence-corrected chi connectivity index (χ0v) is 11.9. The Hall–Kier alpha value is -3.15. The molecule has 0 bridgehead atoms. The monoisotopic (exact) mass is 308 g/mol. The van der Waals surface area contributed by atoms with Crippen molar-refractivity contribution in [2.45, 2.75) is 6.04 Å². The second kappa shape index (κ2) is 4.67. The molecule has 0 saturated heterocycles. The molecule has 2 aromatic rings. The van der Waals surface area contributed by atoms with Crippen molar-refractivity contribution in [3.63, 3.8) is 0 Å². The van der Waals surface area contributed by atoms with Crippen LogP contribution in [0, 0.1) is 5.92 Å². The zero-order valence-electron chi connectivity index (χ0n) is 11.9. The van der Waals surface area contributed by atoms with E-state index in [0.717, 1.165) is 0 Å². The molecule has 0 fully saturated rings. The van der Waals surface area contributed by atoms with E-state index >= 15 is 0 Å². The molecule has 6 heteroatoms. The van der Waals surface area contributed by atoms with Crippen molar-refractivity contribution >= 4 is 28.4 Å². The SMILES string of the molecule is O=C(O)C1=CC2C(=O)C(c3c(O)[nH]c4ccccc34)=NC2C=C1. The lowest BCUT2D eigenvalue weighted by molar-refractivity contribution is -0.132. The summed E-state index contributed by atoms with van der Waals surface area (Å²) in [5.41, 5.74) is 1.35. The third-order valence-electron chi connectivity index (χ3n) is 4.18. The first kappa shape index (κ1) is 13.5. The van der Waals surface area contributed by atoms with Crippen molar-refractivity contribution in [3.8, 4) is 5.88 Å². The highest BCUT2D eigenvalue weighted by atomic mass is 16.4. The molecule has 0 radical (unpaired) electrons. The number of hydrogen-bond acceptors (Lipinski definition) is 4. The fourth-order valence-electron chi connectivity index (χ4n) is 3.09. The molecule has 1 aromatic carbocycles. The molecule has 2 atom stereocenters. The van der Waals surface area contributed by atoms with Crippen LogP contribution in [0.25, 0.3) is 10.9 Å². The van der Waals surface area contributed by atoms with E-state index in [2.05, 4.69) is 9.98 Å². The molecular weight excluding hydrogens is 296 g/mol. The summed E-state index contributed by atoms with van der Waals surface area (Å²) in [5, 5.41) is 19.9. The Kier molecular flexibility index (Phi) is 2.74. The van der Waals surface area contributed by atoms with Crippen LogP contribution in [0.15, 0.2) is 53.1 Å². The third-order valence-corrected chi connectivity index (χ3v) is 4.18.